The zero-order valence-corrected chi connectivity index (χ0v) is 11.7. The van der Waals surface area contributed by atoms with E-state index in [2.05, 4.69) is 41.3 Å². The number of nitrogens with one attached hydrogen (secondary N) is 1. The molecular weight excluding hydrogens is 236 g/mol. The second kappa shape index (κ2) is 6.18. The third-order valence-corrected chi connectivity index (χ3v) is 2.80. The Kier molecular flexibility index (Phi) is 4.34. The summed E-state index contributed by atoms with van der Waals surface area (Å²) in [7, 11) is 2.00. The molecule has 0 amide bonds. The van der Waals surface area contributed by atoms with Crippen molar-refractivity contribution in [3.05, 3.63) is 42.6 Å². The van der Waals surface area contributed by atoms with Gasteiger partial charge in [-0.2, -0.15) is 4.98 Å². The van der Waals surface area contributed by atoms with Gasteiger partial charge in [-0.3, -0.25) is 0 Å². The minimum absolute atomic E-state index is 0.569. The molecule has 4 heteroatoms. The summed E-state index contributed by atoms with van der Waals surface area (Å²) in [4.78, 5) is 10.8. The Morgan fingerprint density at radius 3 is 2.58 bits per heavy atom. The monoisotopic (exact) mass is 256 g/mol. The van der Waals surface area contributed by atoms with Crippen LogP contribution in [0.2, 0.25) is 0 Å². The van der Waals surface area contributed by atoms with Gasteiger partial charge in [0.25, 0.3) is 0 Å². The van der Waals surface area contributed by atoms with Crippen LogP contribution in [0.15, 0.2) is 42.6 Å². The maximum atomic E-state index is 4.52. The Morgan fingerprint density at radius 2 is 1.89 bits per heavy atom. The second-order valence-electron chi connectivity index (χ2n) is 4.91. The predicted octanol–water partition coefficient (Wildman–Crippen LogP) is 3.31. The van der Waals surface area contributed by atoms with Crippen LogP contribution in [0.4, 0.5) is 17.5 Å². The molecule has 0 aliphatic rings. The van der Waals surface area contributed by atoms with E-state index >= 15 is 0 Å². The van der Waals surface area contributed by atoms with E-state index in [1.165, 1.54) is 0 Å². The van der Waals surface area contributed by atoms with Crippen molar-refractivity contribution in [1.82, 2.24) is 9.97 Å². The van der Waals surface area contributed by atoms with E-state index < -0.39 is 0 Å². The molecule has 4 nitrogen and oxygen atoms in total. The van der Waals surface area contributed by atoms with Gasteiger partial charge in [0.15, 0.2) is 0 Å². The van der Waals surface area contributed by atoms with Gasteiger partial charge < -0.3 is 10.2 Å². The average Bonchev–Trinajstić information content (AvgIpc) is 2.45. The minimum Gasteiger partial charge on any atom is -0.354 e. The van der Waals surface area contributed by atoms with Gasteiger partial charge in [0.05, 0.1) is 0 Å². The summed E-state index contributed by atoms with van der Waals surface area (Å²) < 4.78 is 0. The van der Waals surface area contributed by atoms with Gasteiger partial charge in [-0.05, 0) is 24.1 Å². The molecule has 100 valence electrons. The average molecular weight is 256 g/mol. The molecule has 0 aliphatic carbocycles. The second-order valence-corrected chi connectivity index (χ2v) is 4.91. The third-order valence-electron chi connectivity index (χ3n) is 2.80. The van der Waals surface area contributed by atoms with Gasteiger partial charge in [0, 0.05) is 25.5 Å². The van der Waals surface area contributed by atoms with Gasteiger partial charge in [0.1, 0.15) is 5.82 Å². The van der Waals surface area contributed by atoms with Crippen LogP contribution < -0.4 is 10.2 Å². The highest BCUT2D eigenvalue weighted by atomic mass is 15.2. The molecule has 0 bridgehead atoms. The Labute approximate surface area is 114 Å². The standard InChI is InChI=1S/C15H20N4/c1-12(2)11-17-15-16-10-9-14(18-15)19(3)13-7-5-4-6-8-13/h4-10,12H,11H2,1-3H3,(H,16,17,18). The SMILES string of the molecule is CC(C)CNc1nccc(N(C)c2ccccc2)n1. The number of aromatic nitrogens is 2. The summed E-state index contributed by atoms with van der Waals surface area (Å²) in [6.45, 7) is 5.19. The molecule has 19 heavy (non-hydrogen) atoms. The largest absolute Gasteiger partial charge is 0.354 e. The highest BCUT2D eigenvalue weighted by molar-refractivity contribution is 5.59. The maximum absolute atomic E-state index is 4.52. The van der Waals surface area contributed by atoms with Crippen molar-refractivity contribution in [3.63, 3.8) is 0 Å². The quantitative estimate of drug-likeness (QED) is 0.891. The molecule has 2 rings (SSSR count). The van der Waals surface area contributed by atoms with E-state index in [0.717, 1.165) is 18.1 Å². The normalized spacial score (nSPS) is 10.5. The van der Waals surface area contributed by atoms with Crippen LogP contribution >= 0.6 is 0 Å². The fraction of sp³-hybridized carbons (Fsp3) is 0.333. The van der Waals surface area contributed by atoms with Crippen LogP contribution in [-0.2, 0) is 0 Å². The topological polar surface area (TPSA) is 41.1 Å². The molecule has 0 radical (unpaired) electrons. The minimum atomic E-state index is 0.569. The van der Waals surface area contributed by atoms with E-state index in [4.69, 9.17) is 0 Å². The van der Waals surface area contributed by atoms with Crippen LogP contribution in [0, 0.1) is 5.92 Å². The van der Waals surface area contributed by atoms with Crippen LogP contribution in [0.1, 0.15) is 13.8 Å². The first-order valence-electron chi connectivity index (χ1n) is 6.52. The van der Waals surface area contributed by atoms with Gasteiger partial charge in [-0.25, -0.2) is 4.98 Å². The van der Waals surface area contributed by atoms with E-state index in [0.29, 0.717) is 11.9 Å². The summed E-state index contributed by atoms with van der Waals surface area (Å²) in [6, 6.07) is 12.1. The summed E-state index contributed by atoms with van der Waals surface area (Å²) in [5.74, 6) is 2.13. The summed E-state index contributed by atoms with van der Waals surface area (Å²) in [6.07, 6.45) is 1.78. The number of rotatable bonds is 5. The molecule has 1 heterocycles. The summed E-state index contributed by atoms with van der Waals surface area (Å²) >= 11 is 0. The zero-order chi connectivity index (χ0) is 13.7. The van der Waals surface area contributed by atoms with Crippen LogP contribution in [0.25, 0.3) is 0 Å². The van der Waals surface area contributed by atoms with Crippen molar-refractivity contribution >= 4 is 17.5 Å². The number of benzene rings is 1. The van der Waals surface area contributed by atoms with E-state index in [1.807, 2.05) is 36.2 Å². The van der Waals surface area contributed by atoms with Crippen molar-refractivity contribution in [2.24, 2.45) is 5.92 Å². The van der Waals surface area contributed by atoms with Gasteiger partial charge in [-0.15, -0.1) is 0 Å². The molecule has 0 saturated carbocycles. The molecule has 1 N–H and O–H groups in total. The molecule has 2 aromatic rings. The summed E-state index contributed by atoms with van der Waals surface area (Å²) in [5, 5.41) is 3.24. The lowest BCUT2D eigenvalue weighted by molar-refractivity contribution is 0.684. The third kappa shape index (κ3) is 3.68. The predicted molar refractivity (Wildman–Crippen MR) is 79.9 cm³/mol. The van der Waals surface area contributed by atoms with Crippen molar-refractivity contribution < 1.29 is 0 Å². The number of anilines is 3. The number of para-hydroxylation sites is 1. The van der Waals surface area contributed by atoms with E-state index in [-0.39, 0.29) is 0 Å². The van der Waals surface area contributed by atoms with Crippen molar-refractivity contribution in [2.75, 3.05) is 23.8 Å². The first kappa shape index (κ1) is 13.3. The highest BCUT2D eigenvalue weighted by Gasteiger charge is 2.06. The van der Waals surface area contributed by atoms with Gasteiger partial charge in [0.2, 0.25) is 5.95 Å². The lowest BCUT2D eigenvalue weighted by Gasteiger charge is -2.18. The molecular formula is C15H20N4. The zero-order valence-electron chi connectivity index (χ0n) is 11.7. The van der Waals surface area contributed by atoms with Crippen molar-refractivity contribution in [3.8, 4) is 0 Å². The van der Waals surface area contributed by atoms with Crippen LogP contribution in [0.3, 0.4) is 0 Å². The van der Waals surface area contributed by atoms with E-state index in [1.54, 1.807) is 6.20 Å². The Balaban J connectivity index is 2.14. The fourth-order valence-corrected chi connectivity index (χ4v) is 1.70. The lowest BCUT2D eigenvalue weighted by atomic mass is 10.2. The maximum Gasteiger partial charge on any atom is 0.224 e. The first-order chi connectivity index (χ1) is 9.16. The van der Waals surface area contributed by atoms with Crippen molar-refractivity contribution in [2.45, 2.75) is 13.8 Å². The molecule has 0 unspecified atom stereocenters. The molecule has 1 aromatic heterocycles. The molecule has 0 atom stereocenters. The Hall–Kier alpha value is -2.10. The van der Waals surface area contributed by atoms with Crippen LogP contribution in [0.5, 0.6) is 0 Å². The number of hydrogen-bond acceptors (Lipinski definition) is 4. The molecule has 0 fully saturated rings. The molecule has 0 spiro atoms. The Bertz CT molecular complexity index is 511. The van der Waals surface area contributed by atoms with Gasteiger partial charge >= 0.3 is 0 Å². The van der Waals surface area contributed by atoms with Crippen LogP contribution in [-0.4, -0.2) is 23.6 Å². The fourth-order valence-electron chi connectivity index (χ4n) is 1.70. The molecule has 0 aliphatic heterocycles. The summed E-state index contributed by atoms with van der Waals surface area (Å²) in [5.41, 5.74) is 1.11. The smallest absolute Gasteiger partial charge is 0.224 e. The highest BCUT2D eigenvalue weighted by Crippen LogP contribution is 2.21. The lowest BCUT2D eigenvalue weighted by Crippen LogP contribution is -2.14. The number of nitrogens with zero attached hydrogens (tertiary/aromatic N) is 3. The Morgan fingerprint density at radius 1 is 1.16 bits per heavy atom. The van der Waals surface area contributed by atoms with Crippen molar-refractivity contribution in [1.29, 1.82) is 0 Å². The first-order valence-corrected chi connectivity index (χ1v) is 6.52. The number of hydrogen-bond donors (Lipinski definition) is 1. The van der Waals surface area contributed by atoms with E-state index in [9.17, 15) is 0 Å². The molecule has 1 aromatic carbocycles. The van der Waals surface area contributed by atoms with Gasteiger partial charge in [-0.1, -0.05) is 32.0 Å². The molecule has 0 saturated heterocycles.